The normalized spacial score (nSPS) is 10.6. The average Bonchev–Trinajstić information content (AvgIpc) is 2.26. The number of nitrogens with zero attached hydrogens (tertiary/aromatic N) is 1. The van der Waals surface area contributed by atoms with E-state index >= 15 is 0 Å². The predicted molar refractivity (Wildman–Crippen MR) is 58.1 cm³/mol. The van der Waals surface area contributed by atoms with Gasteiger partial charge in [0.05, 0.1) is 7.11 Å². The van der Waals surface area contributed by atoms with Crippen LogP contribution in [0.4, 0.5) is 0 Å². The molecular weight excluding hydrogens is 176 g/mol. The van der Waals surface area contributed by atoms with Crippen LogP contribution in [-0.2, 0) is 6.42 Å². The fourth-order valence-electron chi connectivity index (χ4n) is 1.22. The van der Waals surface area contributed by atoms with Gasteiger partial charge in [-0.2, -0.15) is 0 Å². The van der Waals surface area contributed by atoms with E-state index < -0.39 is 0 Å². The topological polar surface area (TPSA) is 38.5 Å². The molecule has 78 valence electrons. The Bertz CT molecular complexity index is 258. The van der Waals surface area contributed by atoms with E-state index in [0.717, 1.165) is 25.3 Å². The van der Waals surface area contributed by atoms with Gasteiger partial charge in [-0.15, -0.1) is 0 Å². The highest BCUT2D eigenvalue weighted by Crippen LogP contribution is 2.11. The highest BCUT2D eigenvalue weighted by atomic mass is 16.5. The number of hydrogen-bond acceptors (Lipinski definition) is 3. The second-order valence-electron chi connectivity index (χ2n) is 3.23. The molecule has 14 heavy (non-hydrogen) atoms. The van der Waals surface area contributed by atoms with Crippen molar-refractivity contribution in [1.29, 1.82) is 0 Å². The molecule has 1 rings (SSSR count). The van der Waals surface area contributed by atoms with Crippen LogP contribution in [0.5, 0.6) is 5.75 Å². The first-order valence-corrected chi connectivity index (χ1v) is 4.89. The molecule has 0 aliphatic carbocycles. The van der Waals surface area contributed by atoms with Crippen LogP contribution in [0.15, 0.2) is 24.3 Å². The van der Waals surface area contributed by atoms with Gasteiger partial charge in [-0.1, -0.05) is 19.1 Å². The van der Waals surface area contributed by atoms with Crippen LogP contribution in [0.1, 0.15) is 12.5 Å². The Kier molecular flexibility index (Phi) is 4.43. The summed E-state index contributed by atoms with van der Waals surface area (Å²) in [5.74, 6) is 6.58. The van der Waals surface area contributed by atoms with Crippen molar-refractivity contribution in [3.05, 3.63) is 29.8 Å². The van der Waals surface area contributed by atoms with Crippen molar-refractivity contribution in [2.45, 2.75) is 13.3 Å². The van der Waals surface area contributed by atoms with E-state index in [1.807, 2.05) is 24.1 Å². The van der Waals surface area contributed by atoms with Crippen LogP contribution in [0.2, 0.25) is 0 Å². The van der Waals surface area contributed by atoms with Crippen molar-refractivity contribution >= 4 is 0 Å². The summed E-state index contributed by atoms with van der Waals surface area (Å²) < 4.78 is 5.08. The Labute approximate surface area is 85.4 Å². The Balaban J connectivity index is 2.43. The molecule has 0 atom stereocenters. The molecule has 0 heterocycles. The Hall–Kier alpha value is -1.06. The summed E-state index contributed by atoms with van der Waals surface area (Å²) in [6.45, 7) is 3.83. The van der Waals surface area contributed by atoms with Crippen LogP contribution < -0.4 is 10.6 Å². The highest BCUT2D eigenvalue weighted by Gasteiger charge is 1.97. The van der Waals surface area contributed by atoms with Crippen LogP contribution in [0.3, 0.4) is 0 Å². The molecule has 0 fully saturated rings. The summed E-state index contributed by atoms with van der Waals surface area (Å²) in [6.07, 6.45) is 0.980. The molecule has 0 radical (unpaired) electrons. The quantitative estimate of drug-likeness (QED) is 0.569. The molecule has 3 heteroatoms. The maximum Gasteiger partial charge on any atom is 0.118 e. The number of hydrogen-bond donors (Lipinski definition) is 1. The molecular formula is C11H18N2O. The Morgan fingerprint density at radius 2 is 1.93 bits per heavy atom. The Morgan fingerprint density at radius 1 is 1.29 bits per heavy atom. The van der Waals surface area contributed by atoms with E-state index in [-0.39, 0.29) is 0 Å². The molecule has 1 aromatic rings. The van der Waals surface area contributed by atoms with Crippen LogP contribution in [-0.4, -0.2) is 25.2 Å². The zero-order chi connectivity index (χ0) is 10.4. The van der Waals surface area contributed by atoms with Crippen molar-refractivity contribution in [3.8, 4) is 5.75 Å². The molecule has 0 unspecified atom stereocenters. The standard InChI is InChI=1S/C11H18N2O/c1-3-13(12)9-8-10-4-6-11(14-2)7-5-10/h4-7H,3,8-9,12H2,1-2H3. The fourth-order valence-corrected chi connectivity index (χ4v) is 1.22. The van der Waals surface area contributed by atoms with E-state index in [4.69, 9.17) is 10.6 Å². The van der Waals surface area contributed by atoms with Crippen LogP contribution in [0, 0.1) is 0 Å². The number of methoxy groups -OCH3 is 1. The zero-order valence-corrected chi connectivity index (χ0v) is 8.86. The summed E-state index contributed by atoms with van der Waals surface area (Å²) in [4.78, 5) is 0. The van der Waals surface area contributed by atoms with E-state index in [1.165, 1.54) is 5.56 Å². The highest BCUT2D eigenvalue weighted by molar-refractivity contribution is 5.27. The van der Waals surface area contributed by atoms with Gasteiger partial charge in [0, 0.05) is 13.1 Å². The lowest BCUT2D eigenvalue weighted by Gasteiger charge is -2.13. The average molecular weight is 194 g/mol. The molecule has 0 saturated heterocycles. The Morgan fingerprint density at radius 3 is 2.43 bits per heavy atom. The number of benzene rings is 1. The molecule has 0 aliphatic heterocycles. The molecule has 0 amide bonds. The SMILES string of the molecule is CCN(N)CCc1ccc(OC)cc1. The minimum Gasteiger partial charge on any atom is -0.497 e. The van der Waals surface area contributed by atoms with Gasteiger partial charge in [0.15, 0.2) is 0 Å². The van der Waals surface area contributed by atoms with Gasteiger partial charge < -0.3 is 4.74 Å². The van der Waals surface area contributed by atoms with Crippen molar-refractivity contribution < 1.29 is 4.74 Å². The van der Waals surface area contributed by atoms with Crippen molar-refractivity contribution in [1.82, 2.24) is 5.01 Å². The number of ether oxygens (including phenoxy) is 1. The van der Waals surface area contributed by atoms with E-state index in [1.54, 1.807) is 7.11 Å². The lowest BCUT2D eigenvalue weighted by atomic mass is 10.1. The largest absolute Gasteiger partial charge is 0.497 e. The summed E-state index contributed by atoms with van der Waals surface area (Å²) in [6, 6.07) is 8.09. The molecule has 1 aromatic carbocycles. The maximum absolute atomic E-state index is 5.69. The number of nitrogens with two attached hydrogens (primary N) is 1. The third-order valence-electron chi connectivity index (χ3n) is 2.25. The van der Waals surface area contributed by atoms with Crippen LogP contribution in [0.25, 0.3) is 0 Å². The molecule has 3 nitrogen and oxygen atoms in total. The van der Waals surface area contributed by atoms with Gasteiger partial charge in [0.1, 0.15) is 5.75 Å². The number of likely N-dealkylation sites (N-methyl/N-ethyl adjacent to an activating group) is 1. The lowest BCUT2D eigenvalue weighted by Crippen LogP contribution is -2.32. The van der Waals surface area contributed by atoms with Gasteiger partial charge in [0.25, 0.3) is 0 Å². The van der Waals surface area contributed by atoms with Gasteiger partial charge in [-0.3, -0.25) is 5.84 Å². The van der Waals surface area contributed by atoms with Gasteiger partial charge in [0.2, 0.25) is 0 Å². The summed E-state index contributed by atoms with van der Waals surface area (Å²) in [5, 5.41) is 1.81. The van der Waals surface area contributed by atoms with Gasteiger partial charge in [-0.05, 0) is 24.1 Å². The van der Waals surface area contributed by atoms with Gasteiger partial charge >= 0.3 is 0 Å². The van der Waals surface area contributed by atoms with Gasteiger partial charge in [-0.25, -0.2) is 5.01 Å². The molecule has 0 saturated carbocycles. The molecule has 0 aliphatic rings. The summed E-state index contributed by atoms with van der Waals surface area (Å²) in [5.41, 5.74) is 1.29. The molecule has 0 bridgehead atoms. The van der Waals surface area contributed by atoms with Crippen molar-refractivity contribution in [2.24, 2.45) is 5.84 Å². The monoisotopic (exact) mass is 194 g/mol. The first kappa shape index (κ1) is 11.0. The van der Waals surface area contributed by atoms with Crippen LogP contribution >= 0.6 is 0 Å². The minimum atomic E-state index is 0.885. The third kappa shape index (κ3) is 3.36. The van der Waals surface area contributed by atoms with E-state index in [9.17, 15) is 0 Å². The second kappa shape index (κ2) is 5.62. The lowest BCUT2D eigenvalue weighted by molar-refractivity contribution is 0.303. The van der Waals surface area contributed by atoms with E-state index in [2.05, 4.69) is 12.1 Å². The fraction of sp³-hybridized carbons (Fsp3) is 0.455. The molecule has 0 spiro atoms. The van der Waals surface area contributed by atoms with E-state index in [0.29, 0.717) is 0 Å². The minimum absolute atomic E-state index is 0.885. The number of hydrazine groups is 1. The first-order valence-electron chi connectivity index (χ1n) is 4.89. The molecule has 0 aromatic heterocycles. The van der Waals surface area contributed by atoms with Crippen molar-refractivity contribution in [3.63, 3.8) is 0 Å². The molecule has 2 N–H and O–H groups in total. The number of rotatable bonds is 5. The smallest absolute Gasteiger partial charge is 0.118 e. The first-order chi connectivity index (χ1) is 6.76. The zero-order valence-electron chi connectivity index (χ0n) is 8.86. The summed E-state index contributed by atoms with van der Waals surface area (Å²) >= 11 is 0. The maximum atomic E-state index is 5.69. The van der Waals surface area contributed by atoms with Crippen molar-refractivity contribution in [2.75, 3.05) is 20.2 Å². The third-order valence-corrected chi connectivity index (χ3v) is 2.25. The predicted octanol–water partition coefficient (Wildman–Crippen LogP) is 1.43. The summed E-state index contributed by atoms with van der Waals surface area (Å²) in [7, 11) is 1.67. The second-order valence-corrected chi connectivity index (χ2v) is 3.23.